The predicted molar refractivity (Wildman–Crippen MR) is 93.3 cm³/mol. The standard InChI is InChI=1S/C13H21N5OS.2ClH/c1-2-10-15-12(20-16-10)18-7-3-6-17(8-9-18)11(19)13(14)4-5-13;;/h2-9,14H2,1H3;2*1H. The fourth-order valence-corrected chi connectivity index (χ4v) is 3.29. The summed E-state index contributed by atoms with van der Waals surface area (Å²) < 4.78 is 4.33. The zero-order valence-corrected chi connectivity index (χ0v) is 15.1. The minimum atomic E-state index is -0.548. The molecule has 1 aromatic rings. The highest BCUT2D eigenvalue weighted by Gasteiger charge is 2.48. The van der Waals surface area contributed by atoms with Gasteiger partial charge in [-0.1, -0.05) is 6.92 Å². The van der Waals surface area contributed by atoms with Crippen molar-refractivity contribution < 1.29 is 4.79 Å². The number of aryl methyl sites for hydroxylation is 1. The van der Waals surface area contributed by atoms with Crippen molar-refractivity contribution in [2.24, 2.45) is 5.73 Å². The van der Waals surface area contributed by atoms with Gasteiger partial charge in [-0.05, 0) is 19.3 Å². The van der Waals surface area contributed by atoms with Crippen molar-refractivity contribution in [2.75, 3.05) is 31.1 Å². The fraction of sp³-hybridized carbons (Fsp3) is 0.769. The maximum absolute atomic E-state index is 12.3. The van der Waals surface area contributed by atoms with Crippen molar-refractivity contribution in [1.82, 2.24) is 14.3 Å². The van der Waals surface area contributed by atoms with Crippen LogP contribution in [0, 0.1) is 0 Å². The highest BCUT2D eigenvalue weighted by atomic mass is 35.5. The Balaban J connectivity index is 0.00000121. The van der Waals surface area contributed by atoms with Gasteiger partial charge in [-0.25, -0.2) is 4.98 Å². The van der Waals surface area contributed by atoms with Crippen LogP contribution in [0.25, 0.3) is 0 Å². The SMILES string of the molecule is CCc1nsc(N2CCCN(C(=O)C3(N)CC3)CC2)n1.Cl.Cl. The molecule has 0 atom stereocenters. The molecule has 2 N–H and O–H groups in total. The molecule has 0 unspecified atom stereocenters. The van der Waals surface area contributed by atoms with Gasteiger partial charge in [-0.3, -0.25) is 4.79 Å². The Morgan fingerprint density at radius 3 is 2.59 bits per heavy atom. The van der Waals surface area contributed by atoms with E-state index in [4.69, 9.17) is 5.73 Å². The summed E-state index contributed by atoms with van der Waals surface area (Å²) in [5, 5.41) is 0.977. The summed E-state index contributed by atoms with van der Waals surface area (Å²) in [5.41, 5.74) is 5.47. The maximum Gasteiger partial charge on any atom is 0.242 e. The van der Waals surface area contributed by atoms with Crippen molar-refractivity contribution in [1.29, 1.82) is 0 Å². The Labute approximate surface area is 147 Å². The number of anilines is 1. The molecule has 2 aliphatic rings. The molecule has 3 rings (SSSR count). The Morgan fingerprint density at radius 1 is 1.27 bits per heavy atom. The summed E-state index contributed by atoms with van der Waals surface area (Å²) in [6, 6.07) is 0. The van der Waals surface area contributed by atoms with Crippen molar-refractivity contribution in [3.8, 4) is 0 Å². The number of halogens is 2. The molecule has 1 saturated heterocycles. The molecule has 1 saturated carbocycles. The van der Waals surface area contributed by atoms with Gasteiger partial charge < -0.3 is 15.5 Å². The van der Waals surface area contributed by atoms with Gasteiger partial charge in [0.1, 0.15) is 5.82 Å². The topological polar surface area (TPSA) is 75.4 Å². The van der Waals surface area contributed by atoms with Gasteiger partial charge in [0, 0.05) is 44.1 Å². The number of aromatic nitrogens is 2. The number of nitrogens with two attached hydrogens (primary N) is 1. The smallest absolute Gasteiger partial charge is 0.242 e. The average Bonchev–Trinajstić information content (AvgIpc) is 3.11. The molecule has 0 bridgehead atoms. The van der Waals surface area contributed by atoms with Crippen LogP contribution in [-0.4, -0.2) is 51.9 Å². The van der Waals surface area contributed by atoms with Crippen LogP contribution in [0.5, 0.6) is 0 Å². The molecule has 2 heterocycles. The zero-order valence-electron chi connectivity index (χ0n) is 12.7. The van der Waals surface area contributed by atoms with Crippen LogP contribution < -0.4 is 10.6 Å². The summed E-state index contributed by atoms with van der Waals surface area (Å²) in [6.07, 6.45) is 3.50. The number of carbonyl (C=O) groups is 1. The van der Waals surface area contributed by atoms with Gasteiger partial charge in [0.05, 0.1) is 5.54 Å². The minimum absolute atomic E-state index is 0. The molecule has 6 nitrogen and oxygen atoms in total. The van der Waals surface area contributed by atoms with Crippen LogP contribution in [0.2, 0.25) is 0 Å². The van der Waals surface area contributed by atoms with Crippen molar-refractivity contribution in [3.63, 3.8) is 0 Å². The van der Waals surface area contributed by atoms with E-state index in [1.807, 2.05) is 4.90 Å². The van der Waals surface area contributed by atoms with Crippen LogP contribution in [0.4, 0.5) is 5.13 Å². The maximum atomic E-state index is 12.3. The lowest BCUT2D eigenvalue weighted by Gasteiger charge is -2.24. The number of nitrogens with zero attached hydrogens (tertiary/aromatic N) is 4. The molecule has 2 fully saturated rings. The molecule has 126 valence electrons. The van der Waals surface area contributed by atoms with Crippen LogP contribution in [0.1, 0.15) is 32.0 Å². The molecule has 0 spiro atoms. The Bertz CT molecular complexity index is 508. The van der Waals surface area contributed by atoms with Gasteiger partial charge in [0.15, 0.2) is 0 Å². The quantitative estimate of drug-likeness (QED) is 0.875. The summed E-state index contributed by atoms with van der Waals surface area (Å²) in [4.78, 5) is 21.0. The number of hydrogen-bond donors (Lipinski definition) is 1. The van der Waals surface area contributed by atoms with Gasteiger partial charge >= 0.3 is 0 Å². The molecule has 0 aromatic carbocycles. The van der Waals surface area contributed by atoms with Crippen LogP contribution >= 0.6 is 36.3 Å². The van der Waals surface area contributed by atoms with Crippen LogP contribution in [0.15, 0.2) is 0 Å². The second kappa shape index (κ2) is 7.77. The van der Waals surface area contributed by atoms with Crippen molar-refractivity contribution in [3.05, 3.63) is 5.82 Å². The van der Waals surface area contributed by atoms with Gasteiger partial charge in [-0.15, -0.1) is 24.8 Å². The Kier molecular flexibility index (Phi) is 6.85. The Hall–Kier alpha value is -0.630. The van der Waals surface area contributed by atoms with E-state index in [9.17, 15) is 4.79 Å². The monoisotopic (exact) mass is 367 g/mol. The lowest BCUT2D eigenvalue weighted by atomic mass is 10.2. The minimum Gasteiger partial charge on any atom is -0.345 e. The average molecular weight is 368 g/mol. The van der Waals surface area contributed by atoms with Crippen LogP contribution in [0.3, 0.4) is 0 Å². The largest absolute Gasteiger partial charge is 0.345 e. The van der Waals surface area contributed by atoms with E-state index in [1.165, 1.54) is 11.5 Å². The first-order valence-electron chi connectivity index (χ1n) is 7.28. The van der Waals surface area contributed by atoms with Crippen LogP contribution in [-0.2, 0) is 11.2 Å². The normalized spacial score (nSPS) is 19.7. The third-order valence-electron chi connectivity index (χ3n) is 4.04. The predicted octanol–water partition coefficient (Wildman–Crippen LogP) is 1.47. The number of carbonyl (C=O) groups excluding carboxylic acids is 1. The van der Waals surface area contributed by atoms with Gasteiger partial charge in [0.2, 0.25) is 11.0 Å². The Morgan fingerprint density at radius 2 is 2.00 bits per heavy atom. The second-order valence-electron chi connectivity index (χ2n) is 5.64. The highest BCUT2D eigenvalue weighted by Crippen LogP contribution is 2.34. The molecule has 0 radical (unpaired) electrons. The first-order chi connectivity index (χ1) is 9.62. The van der Waals surface area contributed by atoms with Gasteiger partial charge in [-0.2, -0.15) is 4.37 Å². The number of amides is 1. The molecule has 22 heavy (non-hydrogen) atoms. The molecular weight excluding hydrogens is 345 g/mol. The molecule has 1 aliphatic heterocycles. The summed E-state index contributed by atoms with van der Waals surface area (Å²) in [6.45, 7) is 5.34. The number of rotatable bonds is 3. The third kappa shape index (κ3) is 4.01. The first kappa shape index (κ1) is 19.4. The van der Waals surface area contributed by atoms with E-state index in [-0.39, 0.29) is 30.7 Å². The summed E-state index contributed by atoms with van der Waals surface area (Å²) >= 11 is 1.45. The lowest BCUT2D eigenvalue weighted by molar-refractivity contribution is -0.133. The molecular formula is C13H23Cl2N5OS. The lowest BCUT2D eigenvalue weighted by Crippen LogP contribution is -2.47. The summed E-state index contributed by atoms with van der Waals surface area (Å²) in [7, 11) is 0. The van der Waals surface area contributed by atoms with Crippen molar-refractivity contribution in [2.45, 2.75) is 38.1 Å². The van der Waals surface area contributed by atoms with E-state index in [2.05, 4.69) is 21.2 Å². The van der Waals surface area contributed by atoms with Gasteiger partial charge in [0.25, 0.3) is 0 Å². The first-order valence-corrected chi connectivity index (χ1v) is 8.05. The number of hydrogen-bond acceptors (Lipinski definition) is 6. The zero-order chi connectivity index (χ0) is 14.2. The highest BCUT2D eigenvalue weighted by molar-refractivity contribution is 7.09. The molecule has 9 heteroatoms. The van der Waals surface area contributed by atoms with Crippen molar-refractivity contribution >= 4 is 47.4 Å². The fourth-order valence-electron chi connectivity index (χ4n) is 2.49. The van der Waals surface area contributed by atoms with E-state index < -0.39 is 5.54 Å². The van der Waals surface area contributed by atoms with E-state index >= 15 is 0 Å². The van der Waals surface area contributed by atoms with E-state index in [0.29, 0.717) is 0 Å². The third-order valence-corrected chi connectivity index (χ3v) is 4.86. The molecule has 1 amide bonds. The summed E-state index contributed by atoms with van der Waals surface area (Å²) in [5.74, 6) is 1.03. The molecule has 1 aliphatic carbocycles. The molecule has 1 aromatic heterocycles. The van der Waals surface area contributed by atoms with E-state index in [0.717, 1.165) is 62.8 Å². The van der Waals surface area contributed by atoms with E-state index in [1.54, 1.807) is 0 Å². The second-order valence-corrected chi connectivity index (χ2v) is 6.37.